The van der Waals surface area contributed by atoms with Gasteiger partial charge in [-0.1, -0.05) is 0 Å². The number of carbonyl (C=O) groups excluding carboxylic acids is 1. The quantitative estimate of drug-likeness (QED) is 0.769. The summed E-state index contributed by atoms with van der Waals surface area (Å²) < 4.78 is 1.68. The number of rotatable bonds is 4. The van der Waals surface area contributed by atoms with Crippen LogP contribution >= 0.6 is 11.3 Å². The highest BCUT2D eigenvalue weighted by Crippen LogP contribution is 2.22. The van der Waals surface area contributed by atoms with E-state index in [4.69, 9.17) is 0 Å². The van der Waals surface area contributed by atoms with Crippen LogP contribution in [0.1, 0.15) is 21.9 Å². The molecule has 0 aliphatic rings. The molecule has 0 aliphatic carbocycles. The molecule has 0 aromatic carbocycles. The number of anilines is 3. The van der Waals surface area contributed by atoms with Crippen molar-refractivity contribution in [2.24, 2.45) is 7.05 Å². The van der Waals surface area contributed by atoms with Crippen molar-refractivity contribution in [3.8, 4) is 0 Å². The third-order valence-electron chi connectivity index (χ3n) is 3.07. The van der Waals surface area contributed by atoms with Crippen molar-refractivity contribution in [2.75, 3.05) is 10.6 Å². The van der Waals surface area contributed by atoms with Crippen molar-refractivity contribution in [3.05, 3.63) is 47.0 Å². The first-order chi connectivity index (χ1) is 11.0. The SMILES string of the molecule is Cc1csc(NC(=O)c2nc(C)ccc2Nc2cnn(C)c2)n1. The molecular weight excluding hydrogens is 312 g/mol. The summed E-state index contributed by atoms with van der Waals surface area (Å²) >= 11 is 1.39. The lowest BCUT2D eigenvalue weighted by atomic mass is 10.2. The van der Waals surface area contributed by atoms with E-state index in [1.165, 1.54) is 11.3 Å². The van der Waals surface area contributed by atoms with Gasteiger partial charge >= 0.3 is 0 Å². The Kier molecular flexibility index (Phi) is 4.07. The maximum Gasteiger partial charge on any atom is 0.278 e. The Balaban J connectivity index is 1.87. The number of nitrogens with one attached hydrogen (secondary N) is 2. The summed E-state index contributed by atoms with van der Waals surface area (Å²) in [6, 6.07) is 3.68. The average Bonchev–Trinajstić information content (AvgIpc) is 3.09. The zero-order valence-corrected chi connectivity index (χ0v) is 13.8. The smallest absolute Gasteiger partial charge is 0.278 e. The lowest BCUT2D eigenvalue weighted by molar-refractivity contribution is 0.102. The number of hydrogen-bond acceptors (Lipinski definition) is 6. The first kappa shape index (κ1) is 15.2. The maximum atomic E-state index is 12.5. The highest BCUT2D eigenvalue weighted by Gasteiger charge is 2.16. The van der Waals surface area contributed by atoms with E-state index in [0.717, 1.165) is 17.1 Å². The fourth-order valence-corrected chi connectivity index (χ4v) is 2.72. The second-order valence-electron chi connectivity index (χ2n) is 5.12. The molecule has 0 spiro atoms. The largest absolute Gasteiger partial charge is 0.351 e. The van der Waals surface area contributed by atoms with E-state index < -0.39 is 0 Å². The van der Waals surface area contributed by atoms with Gasteiger partial charge in [-0.15, -0.1) is 11.3 Å². The molecule has 0 saturated heterocycles. The molecule has 0 radical (unpaired) electrons. The number of amides is 1. The van der Waals surface area contributed by atoms with E-state index in [2.05, 4.69) is 25.7 Å². The van der Waals surface area contributed by atoms with Gasteiger partial charge in [0.05, 0.1) is 23.3 Å². The van der Waals surface area contributed by atoms with Gasteiger partial charge in [-0.3, -0.25) is 14.8 Å². The second-order valence-corrected chi connectivity index (χ2v) is 5.98. The number of hydrogen-bond donors (Lipinski definition) is 2. The van der Waals surface area contributed by atoms with Crippen molar-refractivity contribution < 1.29 is 4.79 Å². The molecule has 2 N–H and O–H groups in total. The van der Waals surface area contributed by atoms with E-state index in [0.29, 0.717) is 16.5 Å². The first-order valence-electron chi connectivity index (χ1n) is 6.98. The predicted molar refractivity (Wildman–Crippen MR) is 90.3 cm³/mol. The van der Waals surface area contributed by atoms with Crippen LogP contribution in [-0.2, 0) is 7.05 Å². The lowest BCUT2D eigenvalue weighted by Gasteiger charge is -2.10. The molecule has 3 aromatic rings. The van der Waals surface area contributed by atoms with Crippen LogP contribution in [0.25, 0.3) is 0 Å². The van der Waals surface area contributed by atoms with Crippen LogP contribution in [0.15, 0.2) is 29.9 Å². The summed E-state index contributed by atoms with van der Waals surface area (Å²) in [6.07, 6.45) is 3.51. The van der Waals surface area contributed by atoms with E-state index in [1.54, 1.807) is 10.9 Å². The van der Waals surface area contributed by atoms with Crippen LogP contribution in [0.5, 0.6) is 0 Å². The molecular formula is C15H16N6OS. The van der Waals surface area contributed by atoms with Crippen LogP contribution in [0.4, 0.5) is 16.5 Å². The van der Waals surface area contributed by atoms with Crippen molar-refractivity contribution in [1.82, 2.24) is 19.7 Å². The fourth-order valence-electron chi connectivity index (χ4n) is 2.04. The molecule has 0 saturated carbocycles. The fraction of sp³-hybridized carbons (Fsp3) is 0.200. The number of aryl methyl sites for hydroxylation is 3. The minimum absolute atomic E-state index is 0.297. The topological polar surface area (TPSA) is 84.7 Å². The zero-order chi connectivity index (χ0) is 16.4. The Hall–Kier alpha value is -2.74. The van der Waals surface area contributed by atoms with E-state index >= 15 is 0 Å². The van der Waals surface area contributed by atoms with Crippen molar-refractivity contribution in [3.63, 3.8) is 0 Å². The standard InChI is InChI=1S/C15H16N6OS/c1-9-4-5-12(19-11-6-16-21(3)7-11)13(17-9)14(22)20-15-18-10(2)8-23-15/h4-8,19H,1-3H3,(H,18,20,22). The summed E-state index contributed by atoms with van der Waals surface area (Å²) in [5, 5.41) is 12.5. The monoisotopic (exact) mass is 328 g/mol. The molecule has 1 amide bonds. The summed E-state index contributed by atoms with van der Waals surface area (Å²) in [4.78, 5) is 21.1. The van der Waals surface area contributed by atoms with Crippen LogP contribution in [0, 0.1) is 13.8 Å². The molecule has 7 nitrogen and oxygen atoms in total. The summed E-state index contributed by atoms with van der Waals surface area (Å²) in [5.41, 5.74) is 3.37. The molecule has 0 unspecified atom stereocenters. The van der Waals surface area contributed by atoms with Gasteiger partial charge in [0.1, 0.15) is 0 Å². The molecule has 3 rings (SSSR count). The Morgan fingerprint density at radius 3 is 2.70 bits per heavy atom. The van der Waals surface area contributed by atoms with Gasteiger partial charge in [-0.2, -0.15) is 5.10 Å². The molecule has 23 heavy (non-hydrogen) atoms. The third kappa shape index (κ3) is 3.54. The van der Waals surface area contributed by atoms with Crippen molar-refractivity contribution in [2.45, 2.75) is 13.8 Å². The lowest BCUT2D eigenvalue weighted by Crippen LogP contribution is -2.16. The molecule has 3 aromatic heterocycles. The summed E-state index contributed by atoms with van der Waals surface area (Å²) in [5.74, 6) is -0.297. The van der Waals surface area contributed by atoms with E-state index in [-0.39, 0.29) is 5.91 Å². The van der Waals surface area contributed by atoms with Crippen LogP contribution in [-0.4, -0.2) is 25.7 Å². The number of pyridine rings is 1. The number of thiazole rings is 1. The highest BCUT2D eigenvalue weighted by atomic mass is 32.1. The van der Waals surface area contributed by atoms with Crippen LogP contribution in [0.3, 0.4) is 0 Å². The summed E-state index contributed by atoms with van der Waals surface area (Å²) in [7, 11) is 1.83. The second kappa shape index (κ2) is 6.17. The maximum absolute atomic E-state index is 12.5. The van der Waals surface area contributed by atoms with Crippen LogP contribution < -0.4 is 10.6 Å². The van der Waals surface area contributed by atoms with Crippen molar-refractivity contribution in [1.29, 1.82) is 0 Å². The third-order valence-corrected chi connectivity index (χ3v) is 3.95. The van der Waals surface area contributed by atoms with Gasteiger partial charge < -0.3 is 5.32 Å². The van der Waals surface area contributed by atoms with Crippen molar-refractivity contribution >= 4 is 33.8 Å². The minimum Gasteiger partial charge on any atom is -0.351 e. The molecule has 0 bridgehead atoms. The molecule has 0 atom stereocenters. The van der Waals surface area contributed by atoms with Gasteiger partial charge in [0.15, 0.2) is 10.8 Å². The van der Waals surface area contributed by atoms with Gasteiger partial charge in [-0.25, -0.2) is 9.97 Å². The zero-order valence-electron chi connectivity index (χ0n) is 13.0. The molecule has 8 heteroatoms. The molecule has 3 heterocycles. The highest BCUT2D eigenvalue weighted by molar-refractivity contribution is 7.13. The molecule has 0 aliphatic heterocycles. The molecule has 118 valence electrons. The van der Waals surface area contributed by atoms with Gasteiger partial charge in [-0.05, 0) is 26.0 Å². The van der Waals surface area contributed by atoms with Gasteiger partial charge in [0.2, 0.25) is 0 Å². The Morgan fingerprint density at radius 1 is 1.22 bits per heavy atom. The number of nitrogens with zero attached hydrogens (tertiary/aromatic N) is 4. The van der Waals surface area contributed by atoms with Gasteiger partial charge in [0, 0.05) is 24.3 Å². The van der Waals surface area contributed by atoms with Gasteiger partial charge in [0.25, 0.3) is 5.91 Å². The minimum atomic E-state index is -0.297. The van der Waals surface area contributed by atoms with Crippen LogP contribution in [0.2, 0.25) is 0 Å². The Labute approximate surface area is 137 Å². The predicted octanol–water partition coefficient (Wildman–Crippen LogP) is 2.88. The number of aromatic nitrogens is 4. The first-order valence-corrected chi connectivity index (χ1v) is 7.86. The molecule has 0 fully saturated rings. The number of carbonyl (C=O) groups is 1. The normalized spacial score (nSPS) is 10.6. The Morgan fingerprint density at radius 2 is 2.04 bits per heavy atom. The Bertz CT molecular complexity index is 853. The average molecular weight is 328 g/mol. The van der Waals surface area contributed by atoms with E-state index in [1.807, 2.05) is 44.6 Å². The summed E-state index contributed by atoms with van der Waals surface area (Å²) in [6.45, 7) is 3.73. The van der Waals surface area contributed by atoms with E-state index in [9.17, 15) is 4.79 Å².